The van der Waals surface area contributed by atoms with E-state index >= 15 is 0 Å². The first-order chi connectivity index (χ1) is 9.74. The van der Waals surface area contributed by atoms with E-state index in [0.717, 1.165) is 12.5 Å². The highest BCUT2D eigenvalue weighted by Gasteiger charge is 2.39. The normalized spacial score (nSPS) is 12.0. The number of unbranched alkanes of at least 4 members (excludes halogenated alkanes) is 3. The number of thioether (sulfide) groups is 1. The molecule has 0 N–H and O–H groups in total. The van der Waals surface area contributed by atoms with Crippen LogP contribution in [0.3, 0.4) is 0 Å². The lowest BCUT2D eigenvalue weighted by atomic mass is 10.2. The van der Waals surface area contributed by atoms with Gasteiger partial charge in [0.1, 0.15) is 0 Å². The summed E-state index contributed by atoms with van der Waals surface area (Å²) < 4.78 is 17.6. The van der Waals surface area contributed by atoms with Gasteiger partial charge in [0.15, 0.2) is 0 Å². The molecule has 5 heteroatoms. The van der Waals surface area contributed by atoms with Crippen LogP contribution in [-0.4, -0.2) is 40.1 Å². The Morgan fingerprint density at radius 2 is 1.25 bits per heavy atom. The molecule has 0 rings (SSSR count). The minimum absolute atomic E-state index is 0.677. The molecule has 0 aromatic heterocycles. The Bertz CT molecular complexity index is 189. The van der Waals surface area contributed by atoms with Crippen molar-refractivity contribution in [2.45, 2.75) is 65.8 Å². The van der Waals surface area contributed by atoms with E-state index in [2.05, 4.69) is 18.7 Å². The molecule has 0 aromatic rings. The highest BCUT2D eigenvalue weighted by molar-refractivity contribution is 7.99. The van der Waals surface area contributed by atoms with E-state index in [1.165, 1.54) is 37.2 Å². The summed E-state index contributed by atoms with van der Waals surface area (Å²) in [4.78, 5) is 0. The first-order valence-corrected chi connectivity index (χ1v) is 11.3. The fourth-order valence-corrected chi connectivity index (χ4v) is 5.95. The maximum Gasteiger partial charge on any atom is 0.500 e. The second-order valence-electron chi connectivity index (χ2n) is 4.76. The molecular weight excluding hydrogens is 288 g/mol. The fraction of sp³-hybridized carbons (Fsp3) is 1.00. The molecule has 0 heterocycles. The van der Waals surface area contributed by atoms with Gasteiger partial charge in [0.25, 0.3) is 0 Å². The molecule has 0 amide bonds. The van der Waals surface area contributed by atoms with Crippen LogP contribution in [0.5, 0.6) is 0 Å². The quantitative estimate of drug-likeness (QED) is 0.321. The highest BCUT2D eigenvalue weighted by Crippen LogP contribution is 2.20. The molecule has 0 radical (unpaired) electrons. The van der Waals surface area contributed by atoms with Crippen molar-refractivity contribution in [2.24, 2.45) is 0 Å². The Hall–Kier alpha value is 0.447. The summed E-state index contributed by atoms with van der Waals surface area (Å²) in [7, 11) is -2.39. The molecule has 0 unspecified atom stereocenters. The van der Waals surface area contributed by atoms with E-state index in [9.17, 15) is 0 Å². The minimum Gasteiger partial charge on any atom is -0.374 e. The highest BCUT2D eigenvalue weighted by atomic mass is 32.2. The fourth-order valence-electron chi connectivity index (χ4n) is 2.12. The lowest BCUT2D eigenvalue weighted by molar-refractivity contribution is 0.0712. The van der Waals surface area contributed by atoms with E-state index in [0.29, 0.717) is 19.8 Å². The molecule has 0 saturated carbocycles. The SMILES string of the molecule is CCCCCCSCCC[Si](OCC)(OCC)OCC. The molecule has 0 aliphatic rings. The van der Waals surface area contributed by atoms with Gasteiger partial charge in [0.2, 0.25) is 0 Å². The van der Waals surface area contributed by atoms with Crippen LogP contribution in [-0.2, 0) is 13.3 Å². The van der Waals surface area contributed by atoms with Crippen LogP contribution in [0.15, 0.2) is 0 Å². The standard InChI is InChI=1S/C15H34O3SSi/c1-5-9-10-11-13-19-14-12-15-20(16-6-2,17-7-3)18-8-4/h5-15H2,1-4H3. The second-order valence-corrected chi connectivity index (χ2v) is 8.72. The molecule has 0 aliphatic heterocycles. The Labute approximate surface area is 131 Å². The average molecular weight is 323 g/mol. The predicted molar refractivity (Wildman–Crippen MR) is 91.5 cm³/mol. The predicted octanol–water partition coefficient (Wildman–Crippen LogP) is 4.74. The lowest BCUT2D eigenvalue weighted by Crippen LogP contribution is -2.46. The third-order valence-corrected chi connectivity index (χ3v) is 7.31. The van der Waals surface area contributed by atoms with E-state index in [-0.39, 0.29) is 0 Å². The molecule has 0 atom stereocenters. The smallest absolute Gasteiger partial charge is 0.374 e. The molecule has 0 bridgehead atoms. The van der Waals surface area contributed by atoms with Crippen LogP contribution in [0.1, 0.15) is 59.8 Å². The van der Waals surface area contributed by atoms with Gasteiger partial charge in [-0.2, -0.15) is 11.8 Å². The van der Waals surface area contributed by atoms with Crippen molar-refractivity contribution in [2.75, 3.05) is 31.3 Å². The summed E-state index contributed by atoms with van der Waals surface area (Å²) >= 11 is 2.05. The molecule has 20 heavy (non-hydrogen) atoms. The molecule has 0 aliphatic carbocycles. The number of hydrogen-bond acceptors (Lipinski definition) is 4. The molecule has 3 nitrogen and oxygen atoms in total. The first-order valence-electron chi connectivity index (χ1n) is 8.24. The number of rotatable bonds is 15. The van der Waals surface area contributed by atoms with Crippen molar-refractivity contribution in [3.8, 4) is 0 Å². The maximum absolute atomic E-state index is 5.86. The summed E-state index contributed by atoms with van der Waals surface area (Å²) in [6, 6.07) is 0.949. The van der Waals surface area contributed by atoms with E-state index in [1.807, 2.05) is 20.8 Å². The second kappa shape index (κ2) is 14.4. The van der Waals surface area contributed by atoms with Gasteiger partial charge in [-0.3, -0.25) is 0 Å². The van der Waals surface area contributed by atoms with Gasteiger partial charge in [0, 0.05) is 25.9 Å². The Balaban J connectivity index is 3.82. The Morgan fingerprint density at radius 3 is 1.75 bits per heavy atom. The first kappa shape index (κ1) is 20.4. The van der Waals surface area contributed by atoms with Gasteiger partial charge in [-0.15, -0.1) is 0 Å². The third-order valence-electron chi connectivity index (χ3n) is 3.01. The Morgan fingerprint density at radius 1 is 0.700 bits per heavy atom. The zero-order valence-electron chi connectivity index (χ0n) is 13.9. The van der Waals surface area contributed by atoms with Crippen LogP contribution in [0.25, 0.3) is 0 Å². The third kappa shape index (κ3) is 10.2. The van der Waals surface area contributed by atoms with Crippen molar-refractivity contribution in [3.63, 3.8) is 0 Å². The van der Waals surface area contributed by atoms with Crippen LogP contribution in [0.4, 0.5) is 0 Å². The zero-order valence-corrected chi connectivity index (χ0v) is 15.7. The topological polar surface area (TPSA) is 27.7 Å². The molecule has 122 valence electrons. The van der Waals surface area contributed by atoms with Gasteiger partial charge in [-0.25, -0.2) is 0 Å². The lowest BCUT2D eigenvalue weighted by Gasteiger charge is -2.28. The van der Waals surface area contributed by atoms with Gasteiger partial charge in [-0.05, 0) is 45.1 Å². The average Bonchev–Trinajstić information content (AvgIpc) is 2.43. The van der Waals surface area contributed by atoms with Crippen LogP contribution < -0.4 is 0 Å². The summed E-state index contributed by atoms with van der Waals surface area (Å²) in [6.45, 7) is 10.3. The maximum atomic E-state index is 5.86. The largest absolute Gasteiger partial charge is 0.500 e. The van der Waals surface area contributed by atoms with Gasteiger partial charge < -0.3 is 13.3 Å². The van der Waals surface area contributed by atoms with Gasteiger partial charge in [-0.1, -0.05) is 26.2 Å². The molecule has 0 aromatic carbocycles. The Kier molecular flexibility index (Phi) is 14.7. The van der Waals surface area contributed by atoms with E-state index in [1.54, 1.807) is 0 Å². The van der Waals surface area contributed by atoms with Crippen molar-refractivity contribution >= 4 is 20.6 Å². The van der Waals surface area contributed by atoms with Crippen LogP contribution >= 0.6 is 11.8 Å². The minimum atomic E-state index is -2.39. The summed E-state index contributed by atoms with van der Waals surface area (Å²) in [5.74, 6) is 2.47. The molecule has 0 spiro atoms. The van der Waals surface area contributed by atoms with Crippen LogP contribution in [0, 0.1) is 0 Å². The zero-order chi connectivity index (χ0) is 15.1. The molecule has 0 saturated heterocycles. The molecular formula is C15H34O3SSi. The van der Waals surface area contributed by atoms with Crippen LogP contribution in [0.2, 0.25) is 6.04 Å². The van der Waals surface area contributed by atoms with E-state index < -0.39 is 8.80 Å². The van der Waals surface area contributed by atoms with Gasteiger partial charge >= 0.3 is 8.80 Å². The van der Waals surface area contributed by atoms with Gasteiger partial charge in [0.05, 0.1) is 0 Å². The summed E-state index contributed by atoms with van der Waals surface area (Å²) in [5.41, 5.74) is 0. The monoisotopic (exact) mass is 322 g/mol. The summed E-state index contributed by atoms with van der Waals surface area (Å²) in [6.07, 6.45) is 6.54. The van der Waals surface area contributed by atoms with Crippen molar-refractivity contribution in [3.05, 3.63) is 0 Å². The van der Waals surface area contributed by atoms with E-state index in [4.69, 9.17) is 13.3 Å². The summed E-state index contributed by atoms with van der Waals surface area (Å²) in [5, 5.41) is 0. The molecule has 0 fully saturated rings. The number of hydrogen-bond donors (Lipinski definition) is 0. The van der Waals surface area contributed by atoms with Crippen molar-refractivity contribution in [1.29, 1.82) is 0 Å². The van der Waals surface area contributed by atoms with Crippen molar-refractivity contribution < 1.29 is 13.3 Å². The van der Waals surface area contributed by atoms with Crippen molar-refractivity contribution in [1.82, 2.24) is 0 Å².